The van der Waals surface area contributed by atoms with Crippen molar-refractivity contribution in [2.75, 3.05) is 11.9 Å². The van der Waals surface area contributed by atoms with E-state index in [1.165, 1.54) is 0 Å². The van der Waals surface area contributed by atoms with Crippen molar-refractivity contribution in [1.29, 1.82) is 0 Å². The number of aliphatic hydroxyl groups excluding tert-OH is 1. The largest absolute Gasteiger partial charge is 0.475 e. The van der Waals surface area contributed by atoms with Gasteiger partial charge in [-0.15, -0.1) is 0 Å². The zero-order chi connectivity index (χ0) is 23.1. The number of anilines is 1. The van der Waals surface area contributed by atoms with Gasteiger partial charge in [0.15, 0.2) is 0 Å². The lowest BCUT2D eigenvalue weighted by Crippen LogP contribution is -2.24. The minimum Gasteiger partial charge on any atom is -0.475 e. The summed E-state index contributed by atoms with van der Waals surface area (Å²) in [7, 11) is 1.77. The molecule has 0 aliphatic carbocycles. The first kappa shape index (κ1) is 21.1. The molecule has 2 bridgehead atoms. The molecule has 0 radical (unpaired) electrons. The van der Waals surface area contributed by atoms with Crippen LogP contribution in [0.2, 0.25) is 0 Å². The molecule has 2 atom stereocenters. The fourth-order valence-electron chi connectivity index (χ4n) is 4.33. The minimum atomic E-state index is -0.665. The normalized spacial score (nSPS) is 19.1. The van der Waals surface area contributed by atoms with Gasteiger partial charge in [0.1, 0.15) is 6.61 Å². The first-order valence-electron chi connectivity index (χ1n) is 11.0. The van der Waals surface area contributed by atoms with Gasteiger partial charge in [0.05, 0.1) is 34.6 Å². The van der Waals surface area contributed by atoms with Crippen LogP contribution >= 0.6 is 0 Å². The Bertz CT molecular complexity index is 1340. The smallest absolute Gasteiger partial charge is 0.258 e. The summed E-state index contributed by atoms with van der Waals surface area (Å²) < 4.78 is 9.58. The lowest BCUT2D eigenvalue weighted by atomic mass is 10.0. The number of nitrogens with one attached hydrogen (secondary N) is 1. The van der Waals surface area contributed by atoms with Crippen LogP contribution in [0.5, 0.6) is 5.88 Å². The average molecular weight is 447 g/mol. The predicted molar refractivity (Wildman–Crippen MR) is 124 cm³/mol. The second kappa shape index (κ2) is 8.32. The van der Waals surface area contributed by atoms with Gasteiger partial charge in [-0.05, 0) is 43.5 Å². The summed E-state index contributed by atoms with van der Waals surface area (Å²) in [6, 6.07) is 11.2. The van der Waals surface area contributed by atoms with Crippen molar-refractivity contribution < 1.29 is 14.6 Å². The number of hydrogen-bond acceptors (Lipinski definition) is 6. The monoisotopic (exact) mass is 446 g/mol. The minimum absolute atomic E-state index is 0.109. The van der Waals surface area contributed by atoms with E-state index >= 15 is 0 Å². The van der Waals surface area contributed by atoms with Gasteiger partial charge in [0.25, 0.3) is 5.91 Å². The van der Waals surface area contributed by atoms with Gasteiger partial charge in [-0.2, -0.15) is 5.10 Å². The van der Waals surface area contributed by atoms with Crippen molar-refractivity contribution in [3.05, 3.63) is 53.9 Å². The summed E-state index contributed by atoms with van der Waals surface area (Å²) in [4.78, 5) is 22.5. The highest BCUT2D eigenvalue weighted by Gasteiger charge is 2.22. The molecule has 4 aromatic rings. The van der Waals surface area contributed by atoms with Crippen LogP contribution in [0.3, 0.4) is 0 Å². The molecule has 1 aliphatic rings. The van der Waals surface area contributed by atoms with Gasteiger partial charge in [-0.3, -0.25) is 15.1 Å². The maximum atomic E-state index is 13.3. The highest BCUT2D eigenvalue weighted by atomic mass is 16.5. The van der Waals surface area contributed by atoms with E-state index in [1.807, 2.05) is 35.8 Å². The Hall–Kier alpha value is -3.72. The van der Waals surface area contributed by atoms with E-state index in [0.717, 1.165) is 11.0 Å². The van der Waals surface area contributed by atoms with Gasteiger partial charge >= 0.3 is 0 Å². The van der Waals surface area contributed by atoms with Gasteiger partial charge < -0.3 is 14.4 Å². The number of rotatable bonds is 0. The summed E-state index contributed by atoms with van der Waals surface area (Å²) in [5.41, 5.74) is 4.14. The second-order valence-corrected chi connectivity index (χ2v) is 8.66. The highest BCUT2D eigenvalue weighted by molar-refractivity contribution is 6.04. The van der Waals surface area contributed by atoms with Crippen molar-refractivity contribution in [3.8, 4) is 17.1 Å². The molecular weight excluding hydrogens is 420 g/mol. The Labute approximate surface area is 191 Å². The number of aromatic nitrogens is 5. The number of aliphatic hydroxyl groups is 1. The summed E-state index contributed by atoms with van der Waals surface area (Å²) in [5.74, 6) is 0.817. The van der Waals surface area contributed by atoms with Crippen molar-refractivity contribution >= 4 is 22.9 Å². The van der Waals surface area contributed by atoms with Crippen LogP contribution in [0.15, 0.2) is 42.6 Å². The zero-order valence-electron chi connectivity index (χ0n) is 18.8. The maximum Gasteiger partial charge on any atom is 0.258 e. The van der Waals surface area contributed by atoms with E-state index in [2.05, 4.69) is 27.3 Å². The number of carbonyl (C=O) groups excluding carboxylic acids is 1. The lowest BCUT2D eigenvalue weighted by Gasteiger charge is -2.19. The molecule has 170 valence electrons. The Morgan fingerprint density at radius 3 is 2.88 bits per heavy atom. The fourth-order valence-corrected chi connectivity index (χ4v) is 4.33. The molecular formula is C24H26N6O3. The number of aryl methyl sites for hydroxylation is 2. The Balaban J connectivity index is 1.63. The van der Waals surface area contributed by atoms with Crippen LogP contribution in [-0.4, -0.2) is 48.0 Å². The zero-order valence-corrected chi connectivity index (χ0v) is 18.8. The van der Waals surface area contributed by atoms with Crippen LogP contribution in [-0.2, 0) is 13.6 Å². The molecule has 33 heavy (non-hydrogen) atoms. The Morgan fingerprint density at radius 1 is 1.21 bits per heavy atom. The topological polar surface area (TPSA) is 107 Å². The van der Waals surface area contributed by atoms with Crippen molar-refractivity contribution in [3.63, 3.8) is 0 Å². The first-order valence-corrected chi connectivity index (χ1v) is 11.0. The molecule has 1 aromatic carbocycles. The van der Waals surface area contributed by atoms with Crippen LogP contribution < -0.4 is 10.1 Å². The van der Waals surface area contributed by atoms with E-state index < -0.39 is 6.10 Å². The third kappa shape index (κ3) is 4.07. The van der Waals surface area contributed by atoms with Gasteiger partial charge in [0.2, 0.25) is 11.8 Å². The van der Waals surface area contributed by atoms with E-state index in [4.69, 9.17) is 4.74 Å². The van der Waals surface area contributed by atoms with E-state index in [1.54, 1.807) is 30.1 Å². The highest BCUT2D eigenvalue weighted by Crippen LogP contribution is 2.30. The standard InChI is InChI=1S/C24H26N6O3/c1-14-8-17(31)13-33-23-18(11-25-29(23)3)20-10-16(9-15(2)26-20)22(32)28-24-27-19-6-4-5-7-21(19)30(24)12-14/h4-7,9-11,14,17,31H,8,12-13H2,1-3H3,(H,27,28,32)/t14-,17+/m1/s1. The van der Waals surface area contributed by atoms with Crippen molar-refractivity contribution in [2.24, 2.45) is 13.0 Å². The number of ether oxygens (including phenoxy) is 1. The Kier molecular flexibility index (Phi) is 5.33. The summed E-state index contributed by atoms with van der Waals surface area (Å²) in [6.07, 6.45) is 1.52. The number of para-hydroxylation sites is 2. The number of carbonyl (C=O) groups is 1. The molecule has 0 saturated carbocycles. The van der Waals surface area contributed by atoms with Crippen LogP contribution in [0.4, 0.5) is 5.95 Å². The molecule has 1 aliphatic heterocycles. The number of pyridine rings is 1. The molecule has 0 saturated heterocycles. The molecule has 0 fully saturated rings. The summed E-state index contributed by atoms with van der Waals surface area (Å²) in [6.45, 7) is 4.62. The van der Waals surface area contributed by atoms with Gasteiger partial charge in [-0.1, -0.05) is 19.1 Å². The first-order chi connectivity index (χ1) is 15.9. The molecule has 9 nitrogen and oxygen atoms in total. The predicted octanol–water partition coefficient (Wildman–Crippen LogP) is 3.17. The number of imidazole rings is 1. The summed E-state index contributed by atoms with van der Waals surface area (Å²) in [5, 5.41) is 18.0. The maximum absolute atomic E-state index is 13.3. The van der Waals surface area contributed by atoms with Crippen LogP contribution in [0.25, 0.3) is 22.3 Å². The third-order valence-corrected chi connectivity index (χ3v) is 5.84. The fraction of sp³-hybridized carbons (Fsp3) is 0.333. The van der Waals surface area contributed by atoms with Gasteiger partial charge in [-0.25, -0.2) is 9.67 Å². The number of benzene rings is 1. The number of fused-ring (bicyclic) bond motifs is 7. The lowest BCUT2D eigenvalue weighted by molar-refractivity contribution is 0.0810. The third-order valence-electron chi connectivity index (χ3n) is 5.84. The number of hydrogen-bond donors (Lipinski definition) is 2. The molecule has 3 aromatic heterocycles. The second-order valence-electron chi connectivity index (χ2n) is 8.66. The molecule has 2 N–H and O–H groups in total. The van der Waals surface area contributed by atoms with E-state index in [9.17, 15) is 9.90 Å². The van der Waals surface area contributed by atoms with E-state index in [0.29, 0.717) is 47.3 Å². The van der Waals surface area contributed by atoms with Gasteiger partial charge in [0, 0.05) is 24.8 Å². The quantitative estimate of drug-likeness (QED) is 0.430. The molecule has 5 rings (SSSR count). The molecule has 1 amide bonds. The SMILES string of the molecule is Cc1cc2cc(n1)-c1cnn(C)c1OC[C@@H](O)C[C@@H](C)Cn1c(nc3ccccc31)NC2=O. The van der Waals surface area contributed by atoms with E-state index in [-0.39, 0.29) is 18.4 Å². The average Bonchev–Trinajstić information content (AvgIpc) is 3.31. The molecule has 0 spiro atoms. The number of nitrogens with zero attached hydrogens (tertiary/aromatic N) is 5. The van der Waals surface area contributed by atoms with Crippen molar-refractivity contribution in [1.82, 2.24) is 24.3 Å². The van der Waals surface area contributed by atoms with Crippen LogP contribution in [0.1, 0.15) is 29.4 Å². The van der Waals surface area contributed by atoms with Crippen LogP contribution in [0, 0.1) is 12.8 Å². The molecule has 9 heteroatoms. The summed E-state index contributed by atoms with van der Waals surface area (Å²) >= 11 is 0. The van der Waals surface area contributed by atoms with Crippen molar-refractivity contribution in [2.45, 2.75) is 32.9 Å². The number of amides is 1. The Morgan fingerprint density at radius 2 is 2.03 bits per heavy atom. The molecule has 4 heterocycles. The molecule has 0 unspecified atom stereocenters.